The van der Waals surface area contributed by atoms with Gasteiger partial charge < -0.3 is 9.47 Å². The first-order chi connectivity index (χ1) is 7.17. The smallest absolute Gasteiger partial charge is 0.121 e. The van der Waals surface area contributed by atoms with E-state index in [2.05, 4.69) is 6.58 Å². The molecule has 0 aliphatic heterocycles. The molecule has 0 saturated carbocycles. The van der Waals surface area contributed by atoms with Gasteiger partial charge in [0.15, 0.2) is 0 Å². The van der Waals surface area contributed by atoms with E-state index in [1.54, 1.807) is 14.2 Å². The van der Waals surface area contributed by atoms with Crippen molar-refractivity contribution < 1.29 is 9.47 Å². The summed E-state index contributed by atoms with van der Waals surface area (Å²) in [6.45, 7) is 5.75. The minimum atomic E-state index is 0.792. The van der Waals surface area contributed by atoms with E-state index in [-0.39, 0.29) is 0 Å². The number of ether oxygens (including phenoxy) is 2. The normalized spacial score (nSPS) is 11.0. The van der Waals surface area contributed by atoms with E-state index in [1.165, 1.54) is 0 Å². The number of hydrogen-bond donors (Lipinski definition) is 0. The van der Waals surface area contributed by atoms with Gasteiger partial charge in [0.25, 0.3) is 0 Å². The van der Waals surface area contributed by atoms with E-state index in [4.69, 9.17) is 9.47 Å². The van der Waals surface area contributed by atoms with Crippen molar-refractivity contribution in [2.24, 2.45) is 0 Å². The monoisotopic (exact) mass is 204 g/mol. The highest BCUT2D eigenvalue weighted by Crippen LogP contribution is 2.16. The van der Waals surface area contributed by atoms with Crippen molar-refractivity contribution in [3.05, 3.63) is 47.7 Å². The van der Waals surface area contributed by atoms with Crippen LogP contribution in [0.1, 0.15) is 12.5 Å². The summed E-state index contributed by atoms with van der Waals surface area (Å²) in [5, 5.41) is 0. The first-order valence-corrected chi connectivity index (χ1v) is 4.73. The zero-order chi connectivity index (χ0) is 11.3. The van der Waals surface area contributed by atoms with Crippen LogP contribution in [0.25, 0.3) is 6.08 Å². The zero-order valence-electron chi connectivity index (χ0n) is 9.41. The first-order valence-electron chi connectivity index (χ1n) is 4.73. The molecule has 2 heteroatoms. The molecule has 0 aromatic heterocycles. The minimum absolute atomic E-state index is 0.792. The molecular weight excluding hydrogens is 188 g/mol. The Morgan fingerprint density at radius 1 is 1.20 bits per heavy atom. The van der Waals surface area contributed by atoms with Gasteiger partial charge in [-0.05, 0) is 36.3 Å². The maximum absolute atomic E-state index is 5.20. The van der Waals surface area contributed by atoms with Gasteiger partial charge in [-0.15, -0.1) is 0 Å². The predicted octanol–water partition coefficient (Wildman–Crippen LogP) is 3.26. The number of methoxy groups -OCH3 is 2. The number of rotatable bonds is 4. The van der Waals surface area contributed by atoms with Crippen LogP contribution in [0.5, 0.6) is 5.75 Å². The Hall–Kier alpha value is -1.70. The van der Waals surface area contributed by atoms with Gasteiger partial charge in [-0.25, -0.2) is 0 Å². The maximum atomic E-state index is 5.20. The van der Waals surface area contributed by atoms with Crippen molar-refractivity contribution in [1.82, 2.24) is 0 Å². The molecule has 15 heavy (non-hydrogen) atoms. The zero-order valence-corrected chi connectivity index (χ0v) is 9.41. The Morgan fingerprint density at radius 2 is 1.80 bits per heavy atom. The third-order valence-corrected chi connectivity index (χ3v) is 2.05. The van der Waals surface area contributed by atoms with E-state index in [9.17, 15) is 0 Å². The average molecular weight is 204 g/mol. The Labute approximate surface area is 90.8 Å². The van der Waals surface area contributed by atoms with E-state index in [0.29, 0.717) is 0 Å². The Bertz CT molecular complexity index is 361. The molecule has 80 valence electrons. The molecule has 0 bridgehead atoms. The molecule has 0 heterocycles. The quantitative estimate of drug-likeness (QED) is 0.553. The summed E-state index contributed by atoms with van der Waals surface area (Å²) in [6, 6.07) is 7.77. The van der Waals surface area contributed by atoms with Gasteiger partial charge in [0.05, 0.1) is 14.2 Å². The number of benzene rings is 1. The molecule has 0 N–H and O–H groups in total. The van der Waals surface area contributed by atoms with E-state index in [1.807, 2.05) is 37.3 Å². The highest BCUT2D eigenvalue weighted by molar-refractivity contribution is 5.56. The topological polar surface area (TPSA) is 18.5 Å². The number of allylic oxidation sites excluding steroid dienone is 1. The summed E-state index contributed by atoms with van der Waals surface area (Å²) in [5.74, 6) is 1.64. The third-order valence-electron chi connectivity index (χ3n) is 2.05. The summed E-state index contributed by atoms with van der Waals surface area (Å²) in [6.07, 6.45) is 1.95. The molecule has 2 nitrogen and oxygen atoms in total. The minimum Gasteiger partial charge on any atom is -0.497 e. The van der Waals surface area contributed by atoms with Gasteiger partial charge in [-0.2, -0.15) is 0 Å². The Kier molecular flexibility index (Phi) is 3.98. The lowest BCUT2D eigenvalue weighted by Gasteiger charge is -2.05. The molecule has 1 aromatic carbocycles. The fourth-order valence-corrected chi connectivity index (χ4v) is 1.21. The summed E-state index contributed by atoms with van der Waals surface area (Å²) in [5.41, 5.74) is 1.98. The molecule has 0 fully saturated rings. The van der Waals surface area contributed by atoms with Gasteiger partial charge in [-0.3, -0.25) is 0 Å². The van der Waals surface area contributed by atoms with Gasteiger partial charge in [0, 0.05) is 0 Å². The van der Waals surface area contributed by atoms with Crippen LogP contribution in [-0.4, -0.2) is 14.2 Å². The van der Waals surface area contributed by atoms with Crippen LogP contribution < -0.4 is 4.74 Å². The molecule has 0 atom stereocenters. The lowest BCUT2D eigenvalue weighted by Crippen LogP contribution is -1.88. The third kappa shape index (κ3) is 3.17. The molecule has 0 aliphatic carbocycles. The molecule has 0 radical (unpaired) electrons. The first kappa shape index (κ1) is 11.4. The Morgan fingerprint density at radius 3 is 2.20 bits per heavy atom. The molecule has 0 aliphatic rings. The average Bonchev–Trinajstić information content (AvgIpc) is 2.26. The summed E-state index contributed by atoms with van der Waals surface area (Å²) >= 11 is 0. The maximum Gasteiger partial charge on any atom is 0.121 e. The number of hydrogen-bond acceptors (Lipinski definition) is 2. The van der Waals surface area contributed by atoms with Gasteiger partial charge in [0.1, 0.15) is 11.5 Å². The summed E-state index contributed by atoms with van der Waals surface area (Å²) < 4.78 is 10.3. The molecular formula is C13H16O2. The second-order valence-corrected chi connectivity index (χ2v) is 3.27. The fraction of sp³-hybridized carbons (Fsp3) is 0.231. The van der Waals surface area contributed by atoms with Crippen molar-refractivity contribution in [2.75, 3.05) is 14.2 Å². The van der Waals surface area contributed by atoms with Crippen LogP contribution in [0.2, 0.25) is 0 Å². The van der Waals surface area contributed by atoms with Crippen molar-refractivity contribution in [3.8, 4) is 5.75 Å². The largest absolute Gasteiger partial charge is 0.497 e. The second-order valence-electron chi connectivity index (χ2n) is 3.27. The van der Waals surface area contributed by atoms with Crippen molar-refractivity contribution in [1.29, 1.82) is 0 Å². The van der Waals surface area contributed by atoms with E-state index < -0.39 is 0 Å². The fourth-order valence-electron chi connectivity index (χ4n) is 1.21. The molecule has 0 saturated heterocycles. The standard InChI is InChI=1S/C13H16O2/c1-10(2)13(15-4)9-11-5-7-12(14-3)8-6-11/h5-9H,1H2,2-4H3/b13-9+. The van der Waals surface area contributed by atoms with Gasteiger partial charge >= 0.3 is 0 Å². The second kappa shape index (κ2) is 5.25. The SMILES string of the molecule is C=C(C)/C(=C\c1ccc(OC)cc1)OC. The van der Waals surface area contributed by atoms with Gasteiger partial charge in [-0.1, -0.05) is 18.7 Å². The van der Waals surface area contributed by atoms with Crippen LogP contribution >= 0.6 is 0 Å². The van der Waals surface area contributed by atoms with Gasteiger partial charge in [0.2, 0.25) is 0 Å². The van der Waals surface area contributed by atoms with Crippen molar-refractivity contribution in [3.63, 3.8) is 0 Å². The summed E-state index contributed by atoms with van der Waals surface area (Å²) in [7, 11) is 3.29. The van der Waals surface area contributed by atoms with E-state index in [0.717, 1.165) is 22.6 Å². The molecule has 1 rings (SSSR count). The van der Waals surface area contributed by atoms with Crippen LogP contribution in [0.15, 0.2) is 42.2 Å². The molecule has 1 aromatic rings. The summed E-state index contributed by atoms with van der Waals surface area (Å²) in [4.78, 5) is 0. The lowest BCUT2D eigenvalue weighted by molar-refractivity contribution is 0.305. The molecule has 0 unspecified atom stereocenters. The van der Waals surface area contributed by atoms with Crippen LogP contribution in [0.3, 0.4) is 0 Å². The lowest BCUT2D eigenvalue weighted by atomic mass is 10.1. The van der Waals surface area contributed by atoms with Crippen LogP contribution in [0.4, 0.5) is 0 Å². The molecule has 0 amide bonds. The van der Waals surface area contributed by atoms with Crippen LogP contribution in [0, 0.1) is 0 Å². The molecule has 0 spiro atoms. The predicted molar refractivity (Wildman–Crippen MR) is 62.8 cm³/mol. The van der Waals surface area contributed by atoms with Crippen molar-refractivity contribution in [2.45, 2.75) is 6.92 Å². The highest BCUT2D eigenvalue weighted by Gasteiger charge is 1.97. The highest BCUT2D eigenvalue weighted by atomic mass is 16.5. The van der Waals surface area contributed by atoms with E-state index >= 15 is 0 Å². The Balaban J connectivity index is 2.92. The van der Waals surface area contributed by atoms with Crippen molar-refractivity contribution >= 4 is 6.08 Å². The van der Waals surface area contributed by atoms with Crippen LogP contribution in [-0.2, 0) is 4.74 Å².